The second kappa shape index (κ2) is 8.15. The molecule has 8 heteroatoms. The number of nitrogens with one attached hydrogen (secondary N) is 1. The van der Waals surface area contributed by atoms with Gasteiger partial charge in [0.05, 0.1) is 11.1 Å². The third-order valence-electron chi connectivity index (χ3n) is 3.22. The predicted molar refractivity (Wildman–Crippen MR) is 87.7 cm³/mol. The number of carbonyl (C=O) groups excluding carboxylic acids is 2. The topological polar surface area (TPSA) is 55.4 Å². The Kier molecular flexibility index (Phi) is 6.19. The van der Waals surface area contributed by atoms with Crippen LogP contribution in [0.4, 0.5) is 13.2 Å². The molecule has 2 aromatic carbocycles. The maximum absolute atomic E-state index is 12.5. The highest BCUT2D eigenvalue weighted by Crippen LogP contribution is 2.29. The molecule has 25 heavy (non-hydrogen) atoms. The minimum Gasteiger partial charge on any atom is -0.452 e. The van der Waals surface area contributed by atoms with Gasteiger partial charge in [0.25, 0.3) is 5.91 Å². The lowest BCUT2D eigenvalue weighted by atomic mass is 10.1. The van der Waals surface area contributed by atoms with Crippen LogP contribution in [0.5, 0.6) is 0 Å². The van der Waals surface area contributed by atoms with Crippen molar-refractivity contribution in [1.29, 1.82) is 0 Å². The lowest BCUT2D eigenvalue weighted by Gasteiger charge is -2.09. The molecule has 4 nitrogen and oxygen atoms in total. The fourth-order valence-electron chi connectivity index (χ4n) is 1.90. The Labute approximate surface area is 150 Å². The van der Waals surface area contributed by atoms with Gasteiger partial charge >= 0.3 is 12.1 Å². The zero-order valence-electron chi connectivity index (χ0n) is 12.8. The highest BCUT2D eigenvalue weighted by atomic mass is 79.9. The number of ether oxygens (including phenoxy) is 1. The fourth-order valence-corrected chi connectivity index (χ4v) is 2.32. The molecule has 0 bridgehead atoms. The van der Waals surface area contributed by atoms with Crippen LogP contribution in [0.1, 0.15) is 21.5 Å². The van der Waals surface area contributed by atoms with Gasteiger partial charge in [-0.25, -0.2) is 4.79 Å². The SMILES string of the molecule is O=C(COC(=O)c1ccc(C(F)(F)F)cc1)NCc1ccccc1Br. The molecule has 0 aliphatic rings. The van der Waals surface area contributed by atoms with Crippen molar-refractivity contribution in [2.24, 2.45) is 0 Å². The second-order valence-corrected chi connectivity index (χ2v) is 5.87. The van der Waals surface area contributed by atoms with Crippen molar-refractivity contribution in [2.75, 3.05) is 6.61 Å². The van der Waals surface area contributed by atoms with Crippen molar-refractivity contribution in [3.63, 3.8) is 0 Å². The molecule has 1 N–H and O–H groups in total. The average Bonchev–Trinajstić information content (AvgIpc) is 2.58. The van der Waals surface area contributed by atoms with E-state index in [2.05, 4.69) is 21.2 Å². The van der Waals surface area contributed by atoms with Crippen molar-refractivity contribution in [3.05, 3.63) is 69.7 Å². The van der Waals surface area contributed by atoms with Gasteiger partial charge in [-0.3, -0.25) is 4.79 Å². The van der Waals surface area contributed by atoms with Crippen LogP contribution in [-0.4, -0.2) is 18.5 Å². The number of rotatable bonds is 5. The van der Waals surface area contributed by atoms with E-state index in [-0.39, 0.29) is 12.1 Å². The van der Waals surface area contributed by atoms with Crippen LogP contribution in [0.3, 0.4) is 0 Å². The molecule has 0 aliphatic heterocycles. The molecular formula is C17H13BrF3NO3. The molecule has 2 rings (SSSR count). The Balaban J connectivity index is 1.83. The average molecular weight is 416 g/mol. The quantitative estimate of drug-likeness (QED) is 0.752. The highest BCUT2D eigenvalue weighted by molar-refractivity contribution is 9.10. The summed E-state index contributed by atoms with van der Waals surface area (Å²) in [4.78, 5) is 23.4. The molecule has 0 heterocycles. The molecule has 2 aromatic rings. The number of amides is 1. The number of halogens is 4. The number of esters is 1. The first-order valence-corrected chi connectivity index (χ1v) is 7.91. The number of benzene rings is 2. The van der Waals surface area contributed by atoms with Crippen LogP contribution in [0.15, 0.2) is 53.0 Å². The third-order valence-corrected chi connectivity index (χ3v) is 3.99. The molecule has 0 saturated heterocycles. The molecule has 0 aliphatic carbocycles. The second-order valence-electron chi connectivity index (χ2n) is 5.02. The number of alkyl halides is 3. The summed E-state index contributed by atoms with van der Waals surface area (Å²) < 4.78 is 43.0. The largest absolute Gasteiger partial charge is 0.452 e. The van der Waals surface area contributed by atoms with Crippen LogP contribution in [-0.2, 0) is 22.3 Å². The Morgan fingerprint density at radius 1 is 1.04 bits per heavy atom. The molecule has 132 valence electrons. The smallest absolute Gasteiger partial charge is 0.416 e. The van der Waals surface area contributed by atoms with Gasteiger partial charge < -0.3 is 10.1 Å². The summed E-state index contributed by atoms with van der Waals surface area (Å²) in [6, 6.07) is 10.9. The van der Waals surface area contributed by atoms with Crippen molar-refractivity contribution in [3.8, 4) is 0 Å². The van der Waals surface area contributed by atoms with E-state index in [4.69, 9.17) is 4.74 Å². The molecule has 0 saturated carbocycles. The molecule has 0 radical (unpaired) electrons. The van der Waals surface area contributed by atoms with Crippen LogP contribution < -0.4 is 5.32 Å². The predicted octanol–water partition coefficient (Wildman–Crippen LogP) is 3.94. The van der Waals surface area contributed by atoms with Crippen LogP contribution >= 0.6 is 15.9 Å². The Bertz CT molecular complexity index is 760. The van der Waals surface area contributed by atoms with Gasteiger partial charge in [0.1, 0.15) is 0 Å². The summed E-state index contributed by atoms with van der Waals surface area (Å²) in [7, 11) is 0. The minimum atomic E-state index is -4.48. The third kappa shape index (κ3) is 5.60. The standard InChI is InChI=1S/C17H13BrF3NO3/c18-14-4-2-1-3-12(14)9-22-15(23)10-25-16(24)11-5-7-13(8-6-11)17(19,20)21/h1-8H,9-10H2,(H,22,23). The van der Waals surface area contributed by atoms with Gasteiger partial charge in [-0.05, 0) is 35.9 Å². The van der Waals surface area contributed by atoms with E-state index in [1.165, 1.54) is 0 Å². The van der Waals surface area contributed by atoms with Gasteiger partial charge in [-0.2, -0.15) is 13.2 Å². The summed E-state index contributed by atoms with van der Waals surface area (Å²) in [5.41, 5.74) is -0.0771. The Morgan fingerprint density at radius 2 is 1.68 bits per heavy atom. The van der Waals surface area contributed by atoms with E-state index in [9.17, 15) is 22.8 Å². The fraction of sp³-hybridized carbons (Fsp3) is 0.176. The zero-order valence-corrected chi connectivity index (χ0v) is 14.4. The van der Waals surface area contributed by atoms with Crippen molar-refractivity contribution in [1.82, 2.24) is 5.32 Å². The van der Waals surface area contributed by atoms with Gasteiger partial charge in [0.15, 0.2) is 6.61 Å². The monoisotopic (exact) mass is 415 g/mol. The highest BCUT2D eigenvalue weighted by Gasteiger charge is 2.30. The first-order valence-electron chi connectivity index (χ1n) is 7.12. The summed E-state index contributed by atoms with van der Waals surface area (Å²) >= 11 is 3.34. The first kappa shape index (κ1) is 19.0. The lowest BCUT2D eigenvalue weighted by Crippen LogP contribution is -2.28. The summed E-state index contributed by atoms with van der Waals surface area (Å²) in [6.07, 6.45) is -4.48. The lowest BCUT2D eigenvalue weighted by molar-refractivity contribution is -0.137. The van der Waals surface area contributed by atoms with Crippen molar-refractivity contribution < 1.29 is 27.5 Å². The van der Waals surface area contributed by atoms with E-state index in [1.807, 2.05) is 24.3 Å². The summed E-state index contributed by atoms with van der Waals surface area (Å²) in [5, 5.41) is 2.58. The summed E-state index contributed by atoms with van der Waals surface area (Å²) in [5.74, 6) is -1.39. The van der Waals surface area contributed by atoms with E-state index >= 15 is 0 Å². The van der Waals surface area contributed by atoms with Gasteiger partial charge in [0, 0.05) is 11.0 Å². The molecule has 1 amide bonds. The first-order chi connectivity index (χ1) is 11.8. The van der Waals surface area contributed by atoms with Crippen LogP contribution in [0.2, 0.25) is 0 Å². The maximum atomic E-state index is 12.5. The van der Waals surface area contributed by atoms with Crippen LogP contribution in [0, 0.1) is 0 Å². The van der Waals surface area contributed by atoms with E-state index in [0.717, 1.165) is 34.3 Å². The van der Waals surface area contributed by atoms with Crippen molar-refractivity contribution in [2.45, 2.75) is 12.7 Å². The molecule has 0 spiro atoms. The van der Waals surface area contributed by atoms with E-state index < -0.39 is 30.2 Å². The van der Waals surface area contributed by atoms with Crippen LogP contribution in [0.25, 0.3) is 0 Å². The Hall–Kier alpha value is -2.35. The number of hydrogen-bond acceptors (Lipinski definition) is 3. The molecule has 0 fully saturated rings. The molecule has 0 unspecified atom stereocenters. The normalized spacial score (nSPS) is 11.0. The van der Waals surface area contributed by atoms with Crippen molar-refractivity contribution >= 4 is 27.8 Å². The van der Waals surface area contributed by atoms with Gasteiger partial charge in [-0.1, -0.05) is 34.1 Å². The molecule has 0 aromatic heterocycles. The number of hydrogen-bond donors (Lipinski definition) is 1. The van der Waals surface area contributed by atoms with Gasteiger partial charge in [0.2, 0.25) is 0 Å². The van der Waals surface area contributed by atoms with E-state index in [1.54, 1.807) is 0 Å². The molecule has 0 atom stereocenters. The van der Waals surface area contributed by atoms with E-state index in [0.29, 0.717) is 0 Å². The number of carbonyl (C=O) groups is 2. The zero-order chi connectivity index (χ0) is 18.4. The summed E-state index contributed by atoms with van der Waals surface area (Å²) in [6.45, 7) is -0.275. The van der Waals surface area contributed by atoms with Gasteiger partial charge in [-0.15, -0.1) is 0 Å². The molecular weight excluding hydrogens is 403 g/mol. The maximum Gasteiger partial charge on any atom is 0.416 e. The Morgan fingerprint density at radius 3 is 2.28 bits per heavy atom. The minimum absolute atomic E-state index is 0.0633.